The zero-order chi connectivity index (χ0) is 19.8. The van der Waals surface area contributed by atoms with E-state index in [9.17, 15) is 4.79 Å². The quantitative estimate of drug-likeness (QED) is 0.421. The molecule has 0 fully saturated rings. The van der Waals surface area contributed by atoms with E-state index in [-0.39, 0.29) is 12.7 Å². The number of ether oxygens (including phenoxy) is 2. The molecular weight excluding hydrogens is 454 g/mol. The first-order valence-corrected chi connectivity index (χ1v) is 10.4. The fourth-order valence-corrected chi connectivity index (χ4v) is 4.47. The summed E-state index contributed by atoms with van der Waals surface area (Å²) in [6.07, 6.45) is 3.47. The van der Waals surface area contributed by atoms with E-state index in [4.69, 9.17) is 14.5 Å². The third-order valence-electron chi connectivity index (χ3n) is 4.48. The Morgan fingerprint density at radius 1 is 1.14 bits per heavy atom. The molecule has 29 heavy (non-hydrogen) atoms. The number of carbonyl (C=O) groups is 1. The van der Waals surface area contributed by atoms with Crippen molar-refractivity contribution < 1.29 is 14.3 Å². The molecule has 1 aliphatic heterocycles. The van der Waals surface area contributed by atoms with Crippen molar-refractivity contribution in [1.82, 2.24) is 9.97 Å². The minimum Gasteiger partial charge on any atom is -0.454 e. The largest absolute Gasteiger partial charge is 0.454 e. The van der Waals surface area contributed by atoms with E-state index in [1.165, 1.54) is 11.3 Å². The van der Waals surface area contributed by atoms with Crippen LogP contribution in [0, 0.1) is 0 Å². The van der Waals surface area contributed by atoms with Crippen LogP contribution in [0.2, 0.25) is 0 Å². The predicted molar refractivity (Wildman–Crippen MR) is 115 cm³/mol. The summed E-state index contributed by atoms with van der Waals surface area (Å²) in [5, 5.41) is 0.609. The average Bonchev–Trinajstić information content (AvgIpc) is 3.36. The molecule has 4 aromatic rings. The lowest BCUT2D eigenvalue weighted by Gasteiger charge is -2.20. The van der Waals surface area contributed by atoms with Gasteiger partial charge in [0.1, 0.15) is 0 Å². The van der Waals surface area contributed by atoms with E-state index in [1.54, 1.807) is 23.4 Å². The molecule has 2 aromatic heterocycles. The Balaban J connectivity index is 1.57. The number of anilines is 1. The van der Waals surface area contributed by atoms with Crippen LogP contribution in [0.5, 0.6) is 11.5 Å². The van der Waals surface area contributed by atoms with Crippen LogP contribution in [-0.4, -0.2) is 22.7 Å². The first-order valence-electron chi connectivity index (χ1n) is 8.84. The monoisotopic (exact) mass is 467 g/mol. The molecule has 8 heteroatoms. The maximum Gasteiger partial charge on any atom is 0.260 e. The van der Waals surface area contributed by atoms with Crippen LogP contribution < -0.4 is 14.4 Å². The van der Waals surface area contributed by atoms with Crippen molar-refractivity contribution in [2.75, 3.05) is 11.7 Å². The van der Waals surface area contributed by atoms with Gasteiger partial charge in [-0.2, -0.15) is 0 Å². The summed E-state index contributed by atoms with van der Waals surface area (Å²) in [6, 6.07) is 14.9. The van der Waals surface area contributed by atoms with Crippen LogP contribution in [-0.2, 0) is 6.54 Å². The van der Waals surface area contributed by atoms with Gasteiger partial charge in [0.2, 0.25) is 6.79 Å². The molecule has 1 aliphatic rings. The van der Waals surface area contributed by atoms with Crippen LogP contribution in [0.25, 0.3) is 10.2 Å². The van der Waals surface area contributed by atoms with Gasteiger partial charge in [-0.3, -0.25) is 14.7 Å². The molecule has 0 saturated heterocycles. The first kappa shape index (κ1) is 18.1. The molecule has 144 valence electrons. The molecule has 0 radical (unpaired) electrons. The number of rotatable bonds is 4. The van der Waals surface area contributed by atoms with Crippen molar-refractivity contribution in [2.45, 2.75) is 6.54 Å². The fourth-order valence-electron chi connectivity index (χ4n) is 3.10. The maximum absolute atomic E-state index is 13.4. The molecule has 2 aromatic carbocycles. The molecule has 0 aliphatic carbocycles. The van der Waals surface area contributed by atoms with Gasteiger partial charge in [0, 0.05) is 34.6 Å². The van der Waals surface area contributed by atoms with E-state index in [1.807, 2.05) is 42.5 Å². The summed E-state index contributed by atoms with van der Waals surface area (Å²) in [5.41, 5.74) is 2.27. The molecule has 0 spiro atoms. The molecule has 1 amide bonds. The molecule has 0 saturated carbocycles. The maximum atomic E-state index is 13.4. The average molecular weight is 468 g/mol. The van der Waals surface area contributed by atoms with Crippen LogP contribution in [0.15, 0.2) is 65.4 Å². The Bertz CT molecular complexity index is 1170. The number of fused-ring (bicyclic) bond motifs is 2. The summed E-state index contributed by atoms with van der Waals surface area (Å²) >= 11 is 4.88. The summed E-state index contributed by atoms with van der Waals surface area (Å²) in [6.45, 7) is 0.583. The van der Waals surface area contributed by atoms with Gasteiger partial charge in [-0.05, 0) is 29.8 Å². The van der Waals surface area contributed by atoms with Gasteiger partial charge in [-0.25, -0.2) is 4.98 Å². The number of nitrogens with zero attached hydrogens (tertiary/aromatic N) is 3. The van der Waals surface area contributed by atoms with Crippen LogP contribution in [0.3, 0.4) is 0 Å². The highest BCUT2D eigenvalue weighted by molar-refractivity contribution is 9.10. The van der Waals surface area contributed by atoms with Gasteiger partial charge in [-0.1, -0.05) is 39.4 Å². The van der Waals surface area contributed by atoms with Crippen molar-refractivity contribution in [2.24, 2.45) is 0 Å². The Morgan fingerprint density at radius 3 is 2.79 bits per heavy atom. The Hall–Kier alpha value is -2.97. The van der Waals surface area contributed by atoms with Crippen molar-refractivity contribution in [3.8, 4) is 11.5 Å². The number of halogens is 1. The summed E-state index contributed by atoms with van der Waals surface area (Å²) < 4.78 is 12.7. The van der Waals surface area contributed by atoms with E-state index in [0.29, 0.717) is 28.7 Å². The topological polar surface area (TPSA) is 64.6 Å². The van der Waals surface area contributed by atoms with Gasteiger partial charge in [0.25, 0.3) is 5.91 Å². The Kier molecular flexibility index (Phi) is 4.65. The van der Waals surface area contributed by atoms with E-state index >= 15 is 0 Å². The van der Waals surface area contributed by atoms with Gasteiger partial charge in [-0.15, -0.1) is 0 Å². The summed E-state index contributed by atoms with van der Waals surface area (Å²) in [7, 11) is 0. The molecule has 5 rings (SSSR count). The Morgan fingerprint density at radius 2 is 2.00 bits per heavy atom. The molecule has 3 heterocycles. The number of benzene rings is 2. The fraction of sp³-hybridized carbons (Fsp3) is 0.0952. The third kappa shape index (κ3) is 3.56. The van der Waals surface area contributed by atoms with Crippen molar-refractivity contribution in [1.29, 1.82) is 0 Å². The van der Waals surface area contributed by atoms with E-state index < -0.39 is 0 Å². The minimum atomic E-state index is -0.130. The smallest absolute Gasteiger partial charge is 0.260 e. The number of aromatic nitrogens is 2. The van der Waals surface area contributed by atoms with Gasteiger partial charge in [0.15, 0.2) is 16.6 Å². The standard InChI is InChI=1S/C21H14BrN3O3S/c22-15-5-1-4-14(7-15)20(26)25(11-13-3-2-6-23-10-13)21-24-16-8-17-18(28-12-27-17)9-19(16)29-21/h1-10H,11-12H2. The van der Waals surface area contributed by atoms with Crippen molar-refractivity contribution in [3.05, 3.63) is 76.5 Å². The second-order valence-corrected chi connectivity index (χ2v) is 8.36. The van der Waals surface area contributed by atoms with Crippen LogP contribution in [0.1, 0.15) is 15.9 Å². The van der Waals surface area contributed by atoms with Crippen LogP contribution in [0.4, 0.5) is 5.13 Å². The SMILES string of the molecule is O=C(c1cccc(Br)c1)N(Cc1cccnc1)c1nc2cc3c(cc2s1)OCO3. The highest BCUT2D eigenvalue weighted by Crippen LogP contribution is 2.40. The predicted octanol–water partition coefficient (Wildman–Crippen LogP) is 5.03. The number of amides is 1. The number of carbonyl (C=O) groups excluding carboxylic acids is 1. The molecule has 6 nitrogen and oxygen atoms in total. The Labute approximate surface area is 178 Å². The highest BCUT2D eigenvalue weighted by atomic mass is 79.9. The highest BCUT2D eigenvalue weighted by Gasteiger charge is 2.24. The molecule has 0 unspecified atom stereocenters. The van der Waals surface area contributed by atoms with E-state index in [0.717, 1.165) is 20.3 Å². The third-order valence-corrected chi connectivity index (χ3v) is 6.02. The molecule has 0 bridgehead atoms. The second-order valence-electron chi connectivity index (χ2n) is 6.43. The zero-order valence-electron chi connectivity index (χ0n) is 15.0. The number of hydrogen-bond acceptors (Lipinski definition) is 6. The van der Waals surface area contributed by atoms with Gasteiger partial charge < -0.3 is 9.47 Å². The number of thiazole rings is 1. The van der Waals surface area contributed by atoms with Gasteiger partial charge in [0.05, 0.1) is 16.8 Å². The second kappa shape index (κ2) is 7.46. The lowest BCUT2D eigenvalue weighted by Crippen LogP contribution is -2.30. The number of pyridine rings is 1. The first-order chi connectivity index (χ1) is 14.2. The van der Waals surface area contributed by atoms with Gasteiger partial charge >= 0.3 is 0 Å². The zero-order valence-corrected chi connectivity index (χ0v) is 17.4. The lowest BCUT2D eigenvalue weighted by molar-refractivity contribution is 0.0985. The van der Waals surface area contributed by atoms with Crippen molar-refractivity contribution >= 4 is 48.5 Å². The molecule has 0 atom stereocenters. The normalized spacial score (nSPS) is 12.3. The van der Waals surface area contributed by atoms with Crippen LogP contribution >= 0.6 is 27.3 Å². The molecular formula is C21H14BrN3O3S. The van der Waals surface area contributed by atoms with E-state index in [2.05, 4.69) is 20.9 Å². The summed E-state index contributed by atoms with van der Waals surface area (Å²) in [5.74, 6) is 1.24. The molecule has 0 N–H and O–H groups in total. The summed E-state index contributed by atoms with van der Waals surface area (Å²) in [4.78, 5) is 23.9. The lowest BCUT2D eigenvalue weighted by atomic mass is 10.2. The van der Waals surface area contributed by atoms with Crippen molar-refractivity contribution in [3.63, 3.8) is 0 Å². The minimum absolute atomic E-state index is 0.130. The number of hydrogen-bond donors (Lipinski definition) is 0.